The van der Waals surface area contributed by atoms with E-state index in [1.54, 1.807) is 6.08 Å². The Balaban J connectivity index is 1.67. The number of alkyl halides is 2. The molecule has 0 radical (unpaired) electrons. The van der Waals surface area contributed by atoms with E-state index in [-0.39, 0.29) is 0 Å². The van der Waals surface area contributed by atoms with Crippen molar-refractivity contribution in [2.75, 3.05) is 0 Å². The molecular formula is C19H22F2. The van der Waals surface area contributed by atoms with Gasteiger partial charge in [-0.15, -0.1) is 0 Å². The SMILES string of the molecule is FC1C=C(c2ccccc2)C=CC1(F)CCC1CCCC1. The molecule has 1 fully saturated rings. The van der Waals surface area contributed by atoms with Gasteiger partial charge < -0.3 is 0 Å². The van der Waals surface area contributed by atoms with Crippen LogP contribution in [0.25, 0.3) is 5.57 Å². The second kappa shape index (κ2) is 6.13. The van der Waals surface area contributed by atoms with Gasteiger partial charge in [0.2, 0.25) is 0 Å². The fraction of sp³-hybridized carbons (Fsp3) is 0.474. The summed E-state index contributed by atoms with van der Waals surface area (Å²) in [5.74, 6) is 0.595. The van der Waals surface area contributed by atoms with Crippen LogP contribution in [0.4, 0.5) is 8.78 Å². The largest absolute Gasteiger partial charge is 0.239 e. The molecule has 21 heavy (non-hydrogen) atoms. The van der Waals surface area contributed by atoms with E-state index in [9.17, 15) is 8.78 Å². The highest BCUT2D eigenvalue weighted by atomic mass is 19.2. The first-order chi connectivity index (χ1) is 10.2. The predicted octanol–water partition coefficient (Wildman–Crippen LogP) is 5.66. The summed E-state index contributed by atoms with van der Waals surface area (Å²) in [6.07, 6.45) is 9.03. The quantitative estimate of drug-likeness (QED) is 0.671. The van der Waals surface area contributed by atoms with Crippen LogP contribution in [0.2, 0.25) is 0 Å². The van der Waals surface area contributed by atoms with E-state index in [1.165, 1.54) is 37.8 Å². The third-order valence-corrected chi connectivity index (χ3v) is 4.84. The van der Waals surface area contributed by atoms with Crippen molar-refractivity contribution in [2.24, 2.45) is 5.92 Å². The topological polar surface area (TPSA) is 0 Å². The molecule has 0 saturated heterocycles. The first-order valence-corrected chi connectivity index (χ1v) is 7.97. The molecule has 1 saturated carbocycles. The molecule has 1 aromatic carbocycles. The van der Waals surface area contributed by atoms with Gasteiger partial charge in [-0.25, -0.2) is 8.78 Å². The van der Waals surface area contributed by atoms with Crippen molar-refractivity contribution in [3.63, 3.8) is 0 Å². The molecule has 2 aliphatic rings. The summed E-state index contributed by atoms with van der Waals surface area (Å²) < 4.78 is 29.1. The Morgan fingerprint density at radius 3 is 2.48 bits per heavy atom. The van der Waals surface area contributed by atoms with E-state index in [2.05, 4.69) is 0 Å². The minimum atomic E-state index is -1.82. The lowest BCUT2D eigenvalue weighted by atomic mass is 9.84. The van der Waals surface area contributed by atoms with Crippen LogP contribution in [-0.2, 0) is 0 Å². The van der Waals surface area contributed by atoms with Crippen molar-refractivity contribution < 1.29 is 8.78 Å². The summed E-state index contributed by atoms with van der Waals surface area (Å²) in [7, 11) is 0. The molecular weight excluding hydrogens is 266 g/mol. The van der Waals surface area contributed by atoms with Crippen molar-refractivity contribution in [3.8, 4) is 0 Å². The van der Waals surface area contributed by atoms with Gasteiger partial charge in [0.05, 0.1) is 0 Å². The van der Waals surface area contributed by atoms with Crippen LogP contribution < -0.4 is 0 Å². The normalized spacial score (nSPS) is 29.6. The lowest BCUT2D eigenvalue weighted by Gasteiger charge is -2.28. The van der Waals surface area contributed by atoms with E-state index in [4.69, 9.17) is 0 Å². The maximum absolute atomic E-state index is 14.8. The number of halogens is 2. The summed E-state index contributed by atoms with van der Waals surface area (Å²) in [5, 5.41) is 0. The second-order valence-corrected chi connectivity index (χ2v) is 6.34. The summed E-state index contributed by atoms with van der Waals surface area (Å²) in [6.45, 7) is 0. The molecule has 0 bridgehead atoms. The van der Waals surface area contributed by atoms with Gasteiger partial charge in [-0.3, -0.25) is 0 Å². The maximum Gasteiger partial charge on any atom is 0.164 e. The number of hydrogen-bond donors (Lipinski definition) is 0. The summed E-state index contributed by atoms with van der Waals surface area (Å²) >= 11 is 0. The molecule has 2 unspecified atom stereocenters. The van der Waals surface area contributed by atoms with Crippen molar-refractivity contribution >= 4 is 5.57 Å². The Bertz CT molecular complexity index is 526. The zero-order chi connectivity index (χ0) is 14.7. The number of benzene rings is 1. The fourth-order valence-corrected chi connectivity index (χ4v) is 3.44. The second-order valence-electron chi connectivity index (χ2n) is 6.34. The van der Waals surface area contributed by atoms with Crippen molar-refractivity contribution in [1.29, 1.82) is 0 Å². The van der Waals surface area contributed by atoms with Gasteiger partial charge in [0.25, 0.3) is 0 Å². The molecule has 0 N–H and O–H groups in total. The number of allylic oxidation sites excluding steroid dienone is 4. The Hall–Kier alpha value is -1.44. The molecule has 3 rings (SSSR count). The van der Waals surface area contributed by atoms with E-state index >= 15 is 0 Å². The fourth-order valence-electron chi connectivity index (χ4n) is 3.44. The Labute approximate surface area is 125 Å². The minimum Gasteiger partial charge on any atom is -0.239 e. The zero-order valence-corrected chi connectivity index (χ0v) is 12.3. The van der Waals surface area contributed by atoms with E-state index in [1.807, 2.05) is 30.3 Å². The summed E-state index contributed by atoms with van der Waals surface area (Å²) in [5.41, 5.74) is -0.104. The standard InChI is InChI=1S/C19H22F2/c20-18-14-17(16-8-2-1-3-9-16)11-13-19(18,21)12-10-15-6-4-5-7-15/h1-3,8-9,11,13-15,18H,4-7,10,12H2. The van der Waals surface area contributed by atoms with Gasteiger partial charge in [-0.2, -0.15) is 0 Å². The molecule has 1 aromatic rings. The molecule has 0 spiro atoms. The zero-order valence-electron chi connectivity index (χ0n) is 12.3. The molecule has 2 heteroatoms. The van der Waals surface area contributed by atoms with Gasteiger partial charge in [-0.1, -0.05) is 62.1 Å². The van der Waals surface area contributed by atoms with Crippen LogP contribution in [-0.4, -0.2) is 11.8 Å². The Kier molecular flexibility index (Phi) is 4.23. The third kappa shape index (κ3) is 3.25. The molecule has 0 amide bonds. The number of hydrogen-bond acceptors (Lipinski definition) is 0. The van der Waals surface area contributed by atoms with Crippen molar-refractivity contribution in [3.05, 3.63) is 54.1 Å². The van der Waals surface area contributed by atoms with Crippen LogP contribution in [0, 0.1) is 5.92 Å². The van der Waals surface area contributed by atoms with Crippen molar-refractivity contribution in [2.45, 2.75) is 50.4 Å². The Morgan fingerprint density at radius 2 is 1.81 bits per heavy atom. The molecule has 0 heterocycles. The predicted molar refractivity (Wildman–Crippen MR) is 83.5 cm³/mol. The molecule has 0 nitrogen and oxygen atoms in total. The summed E-state index contributed by atoms with van der Waals surface area (Å²) in [6, 6.07) is 9.59. The van der Waals surface area contributed by atoms with Crippen molar-refractivity contribution in [1.82, 2.24) is 0 Å². The van der Waals surface area contributed by atoms with Crippen LogP contribution in [0.5, 0.6) is 0 Å². The lowest BCUT2D eigenvalue weighted by Crippen LogP contribution is -2.34. The average molecular weight is 288 g/mol. The van der Waals surface area contributed by atoms with Gasteiger partial charge in [0.1, 0.15) is 0 Å². The highest BCUT2D eigenvalue weighted by molar-refractivity contribution is 5.76. The highest BCUT2D eigenvalue weighted by Gasteiger charge is 2.38. The van der Waals surface area contributed by atoms with Crippen LogP contribution >= 0.6 is 0 Å². The summed E-state index contributed by atoms with van der Waals surface area (Å²) in [4.78, 5) is 0. The molecule has 0 aromatic heterocycles. The monoisotopic (exact) mass is 288 g/mol. The molecule has 2 aliphatic carbocycles. The maximum atomic E-state index is 14.8. The molecule has 2 atom stereocenters. The first-order valence-electron chi connectivity index (χ1n) is 7.97. The van der Waals surface area contributed by atoms with Crippen LogP contribution in [0.1, 0.15) is 44.1 Å². The average Bonchev–Trinajstić information content (AvgIpc) is 3.03. The van der Waals surface area contributed by atoms with Gasteiger partial charge >= 0.3 is 0 Å². The minimum absolute atomic E-state index is 0.300. The van der Waals surface area contributed by atoms with E-state index < -0.39 is 11.8 Å². The highest BCUT2D eigenvalue weighted by Crippen LogP contribution is 2.38. The van der Waals surface area contributed by atoms with E-state index in [0.29, 0.717) is 12.3 Å². The van der Waals surface area contributed by atoms with E-state index in [0.717, 1.165) is 17.6 Å². The van der Waals surface area contributed by atoms with Gasteiger partial charge in [-0.05, 0) is 42.0 Å². The smallest absolute Gasteiger partial charge is 0.164 e. The molecule has 112 valence electrons. The lowest BCUT2D eigenvalue weighted by molar-refractivity contribution is 0.107. The molecule has 0 aliphatic heterocycles. The Morgan fingerprint density at radius 1 is 1.10 bits per heavy atom. The third-order valence-electron chi connectivity index (χ3n) is 4.84. The van der Waals surface area contributed by atoms with Gasteiger partial charge in [0, 0.05) is 0 Å². The first kappa shape index (κ1) is 14.5. The number of rotatable bonds is 4. The van der Waals surface area contributed by atoms with Crippen LogP contribution in [0.3, 0.4) is 0 Å². The van der Waals surface area contributed by atoms with Crippen LogP contribution in [0.15, 0.2) is 48.6 Å². The van der Waals surface area contributed by atoms with Gasteiger partial charge in [0.15, 0.2) is 11.8 Å².